The molecular weight excluding hydrogens is 259 g/mol. The van der Waals surface area contributed by atoms with E-state index in [9.17, 15) is 13.2 Å². The summed E-state index contributed by atoms with van der Waals surface area (Å²) >= 11 is 3.22. The molecule has 0 bridgehead atoms. The summed E-state index contributed by atoms with van der Waals surface area (Å²) < 4.78 is 37.3. The lowest BCUT2D eigenvalue weighted by Crippen LogP contribution is -2.13. The van der Waals surface area contributed by atoms with Gasteiger partial charge in [0.1, 0.15) is 5.69 Å². The molecule has 1 unspecified atom stereocenters. The van der Waals surface area contributed by atoms with Crippen molar-refractivity contribution in [1.82, 2.24) is 4.98 Å². The Morgan fingerprint density at radius 3 is 2.64 bits per heavy atom. The molecule has 0 radical (unpaired) electrons. The lowest BCUT2D eigenvalue weighted by atomic mass is 10.1. The second-order valence-electron chi connectivity index (χ2n) is 2.99. The van der Waals surface area contributed by atoms with E-state index in [0.29, 0.717) is 6.42 Å². The van der Waals surface area contributed by atoms with Gasteiger partial charge in [-0.05, 0) is 18.1 Å². The van der Waals surface area contributed by atoms with E-state index in [-0.39, 0.29) is 10.4 Å². The van der Waals surface area contributed by atoms with Crippen LogP contribution in [0.25, 0.3) is 0 Å². The van der Waals surface area contributed by atoms with Gasteiger partial charge >= 0.3 is 6.18 Å². The molecule has 0 aliphatic heterocycles. The van der Waals surface area contributed by atoms with Gasteiger partial charge in [0.15, 0.2) is 0 Å². The van der Waals surface area contributed by atoms with Gasteiger partial charge in [0, 0.05) is 11.0 Å². The molecule has 0 saturated heterocycles. The summed E-state index contributed by atoms with van der Waals surface area (Å²) in [5, 5.41) is 0. The van der Waals surface area contributed by atoms with E-state index in [4.69, 9.17) is 0 Å². The molecule has 1 atom stereocenters. The van der Waals surface area contributed by atoms with Gasteiger partial charge in [-0.1, -0.05) is 28.9 Å². The van der Waals surface area contributed by atoms with Crippen LogP contribution in [-0.2, 0) is 12.6 Å². The van der Waals surface area contributed by atoms with Crippen LogP contribution in [0.3, 0.4) is 0 Å². The Hall–Kier alpha value is -0.580. The van der Waals surface area contributed by atoms with Crippen molar-refractivity contribution in [1.29, 1.82) is 0 Å². The van der Waals surface area contributed by atoms with Crippen molar-refractivity contribution in [3.05, 3.63) is 29.6 Å². The van der Waals surface area contributed by atoms with E-state index in [1.54, 1.807) is 6.92 Å². The number of aromatic nitrogens is 1. The van der Waals surface area contributed by atoms with Crippen LogP contribution in [0.1, 0.15) is 18.2 Å². The minimum Gasteiger partial charge on any atom is -0.252 e. The van der Waals surface area contributed by atoms with Crippen LogP contribution in [0, 0.1) is 0 Å². The van der Waals surface area contributed by atoms with E-state index in [0.717, 1.165) is 6.20 Å². The summed E-state index contributed by atoms with van der Waals surface area (Å²) in [6.45, 7) is 1.80. The van der Waals surface area contributed by atoms with Crippen LogP contribution in [-0.4, -0.2) is 9.81 Å². The average molecular weight is 268 g/mol. The van der Waals surface area contributed by atoms with E-state index < -0.39 is 11.9 Å². The van der Waals surface area contributed by atoms with Gasteiger partial charge in [0.2, 0.25) is 0 Å². The minimum absolute atomic E-state index is 0.00722. The van der Waals surface area contributed by atoms with Gasteiger partial charge in [-0.2, -0.15) is 13.2 Å². The average Bonchev–Trinajstić information content (AvgIpc) is 2.01. The van der Waals surface area contributed by atoms with Crippen molar-refractivity contribution in [3.8, 4) is 0 Å². The predicted molar refractivity (Wildman–Crippen MR) is 51.3 cm³/mol. The maximum absolute atomic E-state index is 12.4. The first-order valence-corrected chi connectivity index (χ1v) is 4.98. The molecule has 1 heterocycles. The predicted octanol–water partition coefficient (Wildman–Crippen LogP) is 3.43. The van der Waals surface area contributed by atoms with Gasteiger partial charge in [0.25, 0.3) is 0 Å². The standard InChI is InChI=1S/C9H9BrF3N/c1-6(10)5-7-3-2-4-14-8(7)9(11,12)13/h2-4,6H,5H2,1H3. The fourth-order valence-electron chi connectivity index (χ4n) is 1.16. The van der Waals surface area contributed by atoms with Gasteiger partial charge in [0.05, 0.1) is 0 Å². The number of hydrogen-bond donors (Lipinski definition) is 0. The minimum atomic E-state index is -4.36. The monoisotopic (exact) mass is 267 g/mol. The Labute approximate surface area is 88.5 Å². The van der Waals surface area contributed by atoms with Crippen LogP contribution in [0.5, 0.6) is 0 Å². The molecule has 0 saturated carbocycles. The molecule has 0 amide bonds. The van der Waals surface area contributed by atoms with Gasteiger partial charge in [-0.15, -0.1) is 0 Å². The second-order valence-corrected chi connectivity index (χ2v) is 4.56. The van der Waals surface area contributed by atoms with Crippen LogP contribution in [0.4, 0.5) is 13.2 Å². The zero-order valence-electron chi connectivity index (χ0n) is 7.48. The molecule has 0 aliphatic rings. The highest BCUT2D eigenvalue weighted by Gasteiger charge is 2.34. The molecule has 1 aromatic heterocycles. The molecule has 0 N–H and O–H groups in total. The molecule has 5 heteroatoms. The smallest absolute Gasteiger partial charge is 0.252 e. The molecule has 1 rings (SSSR count). The van der Waals surface area contributed by atoms with Crippen molar-refractivity contribution in [2.24, 2.45) is 0 Å². The van der Waals surface area contributed by atoms with Crippen molar-refractivity contribution >= 4 is 15.9 Å². The first-order chi connectivity index (χ1) is 6.41. The summed E-state index contributed by atoms with van der Waals surface area (Å²) in [6, 6.07) is 2.97. The summed E-state index contributed by atoms with van der Waals surface area (Å²) in [5.41, 5.74) is -0.560. The molecule has 0 fully saturated rings. The summed E-state index contributed by atoms with van der Waals surface area (Å²) in [5.74, 6) is 0. The van der Waals surface area contributed by atoms with Crippen molar-refractivity contribution in [2.75, 3.05) is 0 Å². The summed E-state index contributed by atoms with van der Waals surface area (Å²) in [4.78, 5) is 3.36. The van der Waals surface area contributed by atoms with Gasteiger partial charge in [-0.3, -0.25) is 4.98 Å². The summed E-state index contributed by atoms with van der Waals surface area (Å²) in [7, 11) is 0. The molecular formula is C9H9BrF3N. The Morgan fingerprint density at radius 1 is 1.50 bits per heavy atom. The highest BCUT2D eigenvalue weighted by Crippen LogP contribution is 2.30. The van der Waals surface area contributed by atoms with Crippen LogP contribution in [0.15, 0.2) is 18.3 Å². The fraction of sp³-hybridized carbons (Fsp3) is 0.444. The van der Waals surface area contributed by atoms with Crippen LogP contribution < -0.4 is 0 Å². The zero-order chi connectivity index (χ0) is 10.8. The molecule has 0 aromatic carbocycles. The Balaban J connectivity index is 3.04. The Morgan fingerprint density at radius 2 is 2.14 bits per heavy atom. The molecule has 0 aliphatic carbocycles. The number of nitrogens with zero attached hydrogens (tertiary/aromatic N) is 1. The maximum Gasteiger partial charge on any atom is 0.433 e. The number of rotatable bonds is 2. The van der Waals surface area contributed by atoms with Gasteiger partial charge in [-0.25, -0.2) is 0 Å². The quantitative estimate of drug-likeness (QED) is 0.749. The molecule has 14 heavy (non-hydrogen) atoms. The Kier molecular flexibility index (Phi) is 3.53. The normalized spacial score (nSPS) is 14.1. The molecule has 78 valence electrons. The number of hydrogen-bond acceptors (Lipinski definition) is 1. The third kappa shape index (κ3) is 2.97. The highest BCUT2D eigenvalue weighted by atomic mass is 79.9. The summed E-state index contributed by atoms with van der Waals surface area (Å²) in [6.07, 6.45) is -2.88. The Bertz CT molecular complexity index is 309. The van der Waals surface area contributed by atoms with E-state index >= 15 is 0 Å². The fourth-order valence-corrected chi connectivity index (χ4v) is 1.51. The zero-order valence-corrected chi connectivity index (χ0v) is 9.06. The van der Waals surface area contributed by atoms with E-state index in [2.05, 4.69) is 20.9 Å². The first kappa shape index (κ1) is 11.5. The van der Waals surface area contributed by atoms with Crippen molar-refractivity contribution in [2.45, 2.75) is 24.3 Å². The maximum atomic E-state index is 12.4. The molecule has 0 spiro atoms. The van der Waals surface area contributed by atoms with E-state index in [1.807, 2.05) is 0 Å². The number of halogens is 4. The molecule has 1 nitrogen and oxygen atoms in total. The van der Waals surface area contributed by atoms with E-state index in [1.165, 1.54) is 12.1 Å². The van der Waals surface area contributed by atoms with Crippen LogP contribution >= 0.6 is 15.9 Å². The van der Waals surface area contributed by atoms with Crippen LogP contribution in [0.2, 0.25) is 0 Å². The SMILES string of the molecule is CC(Br)Cc1cccnc1C(F)(F)F. The lowest BCUT2D eigenvalue weighted by Gasteiger charge is -2.11. The number of pyridine rings is 1. The third-order valence-electron chi connectivity index (χ3n) is 1.66. The largest absolute Gasteiger partial charge is 0.433 e. The topological polar surface area (TPSA) is 12.9 Å². The first-order valence-electron chi connectivity index (χ1n) is 4.06. The second kappa shape index (κ2) is 4.29. The lowest BCUT2D eigenvalue weighted by molar-refractivity contribution is -0.141. The third-order valence-corrected chi connectivity index (χ3v) is 1.98. The van der Waals surface area contributed by atoms with Crippen molar-refractivity contribution < 1.29 is 13.2 Å². The molecule has 1 aromatic rings. The number of alkyl halides is 4. The van der Waals surface area contributed by atoms with Gasteiger partial charge < -0.3 is 0 Å². The van der Waals surface area contributed by atoms with Crippen molar-refractivity contribution in [3.63, 3.8) is 0 Å². The highest BCUT2D eigenvalue weighted by molar-refractivity contribution is 9.09.